The molecule has 2 aromatic rings. The molecule has 24 heavy (non-hydrogen) atoms. The molecule has 0 aromatic heterocycles. The van der Waals surface area contributed by atoms with Gasteiger partial charge in [-0.25, -0.2) is 0 Å². The molecule has 1 fully saturated rings. The van der Waals surface area contributed by atoms with Crippen LogP contribution in [0.3, 0.4) is 0 Å². The first-order chi connectivity index (χ1) is 11.6. The normalized spacial score (nSPS) is 16.6. The quantitative estimate of drug-likeness (QED) is 0.930. The van der Waals surface area contributed by atoms with Gasteiger partial charge < -0.3 is 10.1 Å². The molecule has 1 aliphatic rings. The molecular weight excluding hydrogens is 298 g/mol. The average molecular weight is 323 g/mol. The van der Waals surface area contributed by atoms with Crippen molar-refractivity contribution in [1.29, 1.82) is 0 Å². The third-order valence-corrected chi connectivity index (χ3v) is 5.06. The lowest BCUT2D eigenvalue weighted by Gasteiger charge is -2.38. The van der Waals surface area contributed by atoms with E-state index >= 15 is 0 Å². The largest absolute Gasteiger partial charge is 0.381 e. The van der Waals surface area contributed by atoms with Gasteiger partial charge in [0.1, 0.15) is 0 Å². The predicted molar refractivity (Wildman–Crippen MR) is 96.4 cm³/mol. The summed E-state index contributed by atoms with van der Waals surface area (Å²) in [5.74, 6) is 0.0120. The summed E-state index contributed by atoms with van der Waals surface area (Å²) in [6.07, 6.45) is 1.87. The topological polar surface area (TPSA) is 38.3 Å². The van der Waals surface area contributed by atoms with Gasteiger partial charge >= 0.3 is 0 Å². The predicted octanol–water partition coefficient (Wildman–Crippen LogP) is 3.78. The van der Waals surface area contributed by atoms with Crippen molar-refractivity contribution in [3.8, 4) is 0 Å². The van der Waals surface area contributed by atoms with Crippen molar-refractivity contribution in [2.75, 3.05) is 19.8 Å². The fourth-order valence-electron chi connectivity index (χ4n) is 3.45. The maximum Gasteiger partial charge on any atom is 0.251 e. The second kappa shape index (κ2) is 7.18. The van der Waals surface area contributed by atoms with E-state index in [2.05, 4.69) is 29.6 Å². The van der Waals surface area contributed by atoms with Gasteiger partial charge in [0.25, 0.3) is 5.91 Å². The maximum absolute atomic E-state index is 12.7. The molecule has 3 heteroatoms. The first-order valence-electron chi connectivity index (χ1n) is 8.59. The van der Waals surface area contributed by atoms with E-state index in [1.807, 2.05) is 38.1 Å². The number of ether oxygens (including phenoxy) is 1. The summed E-state index contributed by atoms with van der Waals surface area (Å²) in [6.45, 7) is 6.13. The molecular formula is C21H25NO2. The Morgan fingerprint density at radius 1 is 1.08 bits per heavy atom. The van der Waals surface area contributed by atoms with Crippen LogP contribution in [-0.4, -0.2) is 25.7 Å². The van der Waals surface area contributed by atoms with E-state index in [0.29, 0.717) is 6.54 Å². The number of hydrogen-bond donors (Lipinski definition) is 1. The zero-order chi connectivity index (χ0) is 17.0. The van der Waals surface area contributed by atoms with Gasteiger partial charge in [0.15, 0.2) is 0 Å². The van der Waals surface area contributed by atoms with Gasteiger partial charge in [0.05, 0.1) is 0 Å². The molecule has 1 saturated heterocycles. The summed E-state index contributed by atoms with van der Waals surface area (Å²) in [4.78, 5) is 12.7. The lowest BCUT2D eigenvalue weighted by molar-refractivity contribution is 0.0487. The maximum atomic E-state index is 12.7. The molecule has 0 atom stereocenters. The fraction of sp³-hybridized carbons (Fsp3) is 0.381. The highest BCUT2D eigenvalue weighted by Crippen LogP contribution is 2.34. The van der Waals surface area contributed by atoms with Crippen molar-refractivity contribution in [3.63, 3.8) is 0 Å². The highest BCUT2D eigenvalue weighted by molar-refractivity contribution is 5.95. The minimum absolute atomic E-state index is 0.0120. The number of carbonyl (C=O) groups excluding carboxylic acids is 1. The first-order valence-corrected chi connectivity index (χ1v) is 8.59. The summed E-state index contributed by atoms with van der Waals surface area (Å²) in [5.41, 5.74) is 4.14. The average Bonchev–Trinajstić information content (AvgIpc) is 2.63. The third kappa shape index (κ3) is 3.51. The number of nitrogens with one attached hydrogen (secondary N) is 1. The highest BCUT2D eigenvalue weighted by Gasteiger charge is 2.34. The molecule has 1 amide bonds. The minimum Gasteiger partial charge on any atom is -0.381 e. The van der Waals surface area contributed by atoms with Crippen LogP contribution in [0.15, 0.2) is 48.5 Å². The summed E-state index contributed by atoms with van der Waals surface area (Å²) < 4.78 is 5.56. The Hall–Kier alpha value is -2.13. The van der Waals surface area contributed by atoms with Crippen LogP contribution >= 0.6 is 0 Å². The van der Waals surface area contributed by atoms with Gasteiger partial charge in [0.2, 0.25) is 0 Å². The first kappa shape index (κ1) is 16.7. The number of amides is 1. The zero-order valence-corrected chi connectivity index (χ0v) is 14.5. The van der Waals surface area contributed by atoms with Gasteiger partial charge in [-0.1, -0.05) is 48.0 Å². The van der Waals surface area contributed by atoms with Crippen LogP contribution in [0, 0.1) is 13.8 Å². The number of benzene rings is 2. The molecule has 0 radical (unpaired) electrons. The van der Waals surface area contributed by atoms with Crippen LogP contribution < -0.4 is 5.32 Å². The van der Waals surface area contributed by atoms with Gasteiger partial charge in [-0.15, -0.1) is 0 Å². The second-order valence-electron chi connectivity index (χ2n) is 6.76. The Bertz CT molecular complexity index is 703. The standard InChI is InChI=1S/C21H25NO2/c1-16-8-9-17(2)19(14-16)20(23)22-15-21(10-12-24-13-11-21)18-6-4-3-5-7-18/h3-9,14H,10-13,15H2,1-2H3,(H,22,23). The van der Waals surface area contributed by atoms with Crippen LogP contribution in [0.2, 0.25) is 0 Å². The van der Waals surface area contributed by atoms with Crippen molar-refractivity contribution in [2.24, 2.45) is 0 Å². The Balaban J connectivity index is 1.79. The van der Waals surface area contributed by atoms with E-state index in [9.17, 15) is 4.79 Å². The lowest BCUT2D eigenvalue weighted by atomic mass is 9.74. The van der Waals surface area contributed by atoms with Gasteiger partial charge in [-0.05, 0) is 43.9 Å². The number of hydrogen-bond acceptors (Lipinski definition) is 2. The summed E-state index contributed by atoms with van der Waals surface area (Å²) in [6, 6.07) is 16.5. The smallest absolute Gasteiger partial charge is 0.251 e. The molecule has 3 rings (SSSR count). The summed E-state index contributed by atoms with van der Waals surface area (Å²) in [7, 11) is 0. The summed E-state index contributed by atoms with van der Waals surface area (Å²) in [5, 5.41) is 3.18. The number of carbonyl (C=O) groups is 1. The lowest BCUT2D eigenvalue weighted by Crippen LogP contribution is -2.44. The van der Waals surface area contributed by atoms with E-state index in [1.165, 1.54) is 5.56 Å². The van der Waals surface area contributed by atoms with E-state index < -0.39 is 0 Å². The fourth-order valence-corrected chi connectivity index (χ4v) is 3.45. The van der Waals surface area contributed by atoms with Crippen LogP contribution in [0.1, 0.15) is 39.9 Å². The van der Waals surface area contributed by atoms with E-state index in [4.69, 9.17) is 4.74 Å². The van der Waals surface area contributed by atoms with Crippen LogP contribution in [0.25, 0.3) is 0 Å². The second-order valence-corrected chi connectivity index (χ2v) is 6.76. The van der Waals surface area contributed by atoms with Crippen molar-refractivity contribution in [3.05, 3.63) is 70.8 Å². The highest BCUT2D eigenvalue weighted by atomic mass is 16.5. The van der Waals surface area contributed by atoms with Crippen LogP contribution in [0.4, 0.5) is 0 Å². The molecule has 0 spiro atoms. The molecule has 126 valence electrons. The van der Waals surface area contributed by atoms with Crippen molar-refractivity contribution in [1.82, 2.24) is 5.32 Å². The molecule has 0 saturated carbocycles. The monoisotopic (exact) mass is 323 g/mol. The van der Waals surface area contributed by atoms with E-state index in [-0.39, 0.29) is 11.3 Å². The SMILES string of the molecule is Cc1ccc(C)c(C(=O)NCC2(c3ccccc3)CCOCC2)c1. The molecule has 0 aliphatic carbocycles. The van der Waals surface area contributed by atoms with Crippen molar-refractivity contribution in [2.45, 2.75) is 32.1 Å². The van der Waals surface area contributed by atoms with Gasteiger partial charge in [0, 0.05) is 30.7 Å². The summed E-state index contributed by atoms with van der Waals surface area (Å²) >= 11 is 0. The third-order valence-electron chi connectivity index (χ3n) is 5.06. The number of rotatable bonds is 4. The van der Waals surface area contributed by atoms with E-state index in [1.54, 1.807) is 0 Å². The van der Waals surface area contributed by atoms with Gasteiger partial charge in [-0.2, -0.15) is 0 Å². The Morgan fingerprint density at radius 2 is 1.79 bits per heavy atom. The molecule has 0 bridgehead atoms. The minimum atomic E-state index is -0.0348. The molecule has 1 heterocycles. The molecule has 2 aromatic carbocycles. The Kier molecular flexibility index (Phi) is 5.00. The van der Waals surface area contributed by atoms with Gasteiger partial charge in [-0.3, -0.25) is 4.79 Å². The van der Waals surface area contributed by atoms with Crippen LogP contribution in [0.5, 0.6) is 0 Å². The van der Waals surface area contributed by atoms with Crippen LogP contribution in [-0.2, 0) is 10.2 Å². The van der Waals surface area contributed by atoms with E-state index in [0.717, 1.165) is 42.7 Å². The zero-order valence-electron chi connectivity index (χ0n) is 14.5. The number of aryl methyl sites for hydroxylation is 2. The Morgan fingerprint density at radius 3 is 2.50 bits per heavy atom. The molecule has 3 nitrogen and oxygen atoms in total. The Labute approximate surface area is 144 Å². The van der Waals surface area contributed by atoms with Crippen molar-refractivity contribution < 1.29 is 9.53 Å². The molecule has 1 aliphatic heterocycles. The molecule has 0 unspecified atom stereocenters. The van der Waals surface area contributed by atoms with Crippen molar-refractivity contribution >= 4 is 5.91 Å². The molecule has 1 N–H and O–H groups in total.